The molecule has 0 aromatic heterocycles. The van der Waals surface area contributed by atoms with E-state index in [9.17, 15) is 14.4 Å². The zero-order valence-corrected chi connectivity index (χ0v) is 12.9. The highest BCUT2D eigenvalue weighted by molar-refractivity contribution is 6.02. The molecule has 0 spiro atoms. The van der Waals surface area contributed by atoms with E-state index in [4.69, 9.17) is 5.73 Å². The van der Waals surface area contributed by atoms with Gasteiger partial charge in [0, 0.05) is 38.4 Å². The highest BCUT2D eigenvalue weighted by atomic mass is 35.5. The molecule has 1 saturated heterocycles. The molecule has 1 heterocycles. The van der Waals surface area contributed by atoms with Crippen molar-refractivity contribution in [2.45, 2.75) is 45.6 Å². The normalized spacial score (nSPS) is 16.3. The van der Waals surface area contributed by atoms with Crippen molar-refractivity contribution in [1.82, 2.24) is 10.2 Å². The second-order valence-corrected chi connectivity index (χ2v) is 5.32. The third-order valence-electron chi connectivity index (χ3n) is 3.12. The maximum atomic E-state index is 11.7. The van der Waals surface area contributed by atoms with Gasteiger partial charge in [-0.1, -0.05) is 13.8 Å². The summed E-state index contributed by atoms with van der Waals surface area (Å²) in [6.07, 6.45) is 1.49. The van der Waals surface area contributed by atoms with Gasteiger partial charge in [0.05, 0.1) is 0 Å². The Balaban J connectivity index is 0.00000361. The molecule has 1 atom stereocenters. The topological polar surface area (TPSA) is 92.5 Å². The van der Waals surface area contributed by atoms with E-state index in [0.29, 0.717) is 12.5 Å². The van der Waals surface area contributed by atoms with Crippen molar-refractivity contribution in [3.63, 3.8) is 0 Å². The van der Waals surface area contributed by atoms with Crippen LogP contribution in [0.4, 0.5) is 0 Å². The van der Waals surface area contributed by atoms with Gasteiger partial charge in [-0.2, -0.15) is 0 Å². The zero-order valence-electron chi connectivity index (χ0n) is 12.1. The Labute approximate surface area is 125 Å². The number of imide groups is 1. The number of halogens is 1. The van der Waals surface area contributed by atoms with Gasteiger partial charge in [0.2, 0.25) is 17.7 Å². The molecule has 6 nitrogen and oxygen atoms in total. The Morgan fingerprint density at radius 3 is 2.30 bits per heavy atom. The molecule has 1 unspecified atom stereocenters. The average molecular weight is 306 g/mol. The SMILES string of the molecule is CC(C)CC(CN)NC(=O)CCN1C(=O)CCC1=O.Cl. The zero-order chi connectivity index (χ0) is 14.4. The van der Waals surface area contributed by atoms with Gasteiger partial charge in [-0.15, -0.1) is 12.4 Å². The molecule has 7 heteroatoms. The minimum absolute atomic E-state index is 0. The van der Waals surface area contributed by atoms with Crippen LogP contribution in [-0.4, -0.2) is 41.8 Å². The summed E-state index contributed by atoms with van der Waals surface area (Å²) in [5, 5.41) is 2.84. The molecule has 0 bridgehead atoms. The molecular formula is C13H24ClN3O3. The maximum absolute atomic E-state index is 11.7. The van der Waals surface area contributed by atoms with E-state index in [1.807, 2.05) is 0 Å². The monoisotopic (exact) mass is 305 g/mol. The van der Waals surface area contributed by atoms with Crippen LogP contribution >= 0.6 is 12.4 Å². The molecule has 0 saturated carbocycles. The fourth-order valence-corrected chi connectivity index (χ4v) is 2.17. The van der Waals surface area contributed by atoms with Crippen molar-refractivity contribution in [3.8, 4) is 0 Å². The van der Waals surface area contributed by atoms with Crippen molar-refractivity contribution in [3.05, 3.63) is 0 Å². The van der Waals surface area contributed by atoms with E-state index in [1.54, 1.807) is 0 Å². The predicted octanol–water partition coefficient (Wildman–Crippen LogP) is 0.437. The number of hydrogen-bond donors (Lipinski definition) is 2. The first kappa shape index (κ1) is 18.9. The van der Waals surface area contributed by atoms with Gasteiger partial charge in [0.25, 0.3) is 0 Å². The summed E-state index contributed by atoms with van der Waals surface area (Å²) in [6.45, 7) is 4.70. The molecule has 116 valence electrons. The van der Waals surface area contributed by atoms with Gasteiger partial charge in [-0.05, 0) is 12.3 Å². The number of amides is 3. The van der Waals surface area contributed by atoms with Crippen LogP contribution in [0.1, 0.15) is 39.5 Å². The highest BCUT2D eigenvalue weighted by Gasteiger charge is 2.28. The lowest BCUT2D eigenvalue weighted by molar-refractivity contribution is -0.138. The quantitative estimate of drug-likeness (QED) is 0.667. The Bertz CT molecular complexity index is 345. The number of rotatable bonds is 7. The molecule has 1 rings (SSSR count). The molecule has 1 fully saturated rings. The Morgan fingerprint density at radius 1 is 1.30 bits per heavy atom. The summed E-state index contributed by atoms with van der Waals surface area (Å²) in [5.41, 5.74) is 5.60. The van der Waals surface area contributed by atoms with Crippen LogP contribution in [0.2, 0.25) is 0 Å². The lowest BCUT2D eigenvalue weighted by atomic mass is 10.0. The van der Waals surface area contributed by atoms with Gasteiger partial charge in [0.15, 0.2) is 0 Å². The lowest BCUT2D eigenvalue weighted by Crippen LogP contribution is -2.42. The van der Waals surface area contributed by atoms with Gasteiger partial charge in [-0.3, -0.25) is 19.3 Å². The number of nitrogens with two attached hydrogens (primary N) is 1. The first-order valence-electron chi connectivity index (χ1n) is 6.76. The summed E-state index contributed by atoms with van der Waals surface area (Å²) in [5.74, 6) is -0.0788. The molecule has 1 aliphatic rings. The first-order chi connectivity index (χ1) is 8.93. The summed E-state index contributed by atoms with van der Waals surface area (Å²) in [7, 11) is 0. The van der Waals surface area contributed by atoms with E-state index in [-0.39, 0.29) is 62.0 Å². The summed E-state index contributed by atoms with van der Waals surface area (Å²) >= 11 is 0. The van der Waals surface area contributed by atoms with Crippen LogP contribution in [0, 0.1) is 5.92 Å². The number of likely N-dealkylation sites (tertiary alicyclic amines) is 1. The van der Waals surface area contributed by atoms with Crippen molar-refractivity contribution in [1.29, 1.82) is 0 Å². The number of nitrogens with one attached hydrogen (secondary N) is 1. The largest absolute Gasteiger partial charge is 0.352 e. The predicted molar refractivity (Wildman–Crippen MR) is 78.3 cm³/mol. The van der Waals surface area contributed by atoms with E-state index in [2.05, 4.69) is 19.2 Å². The Morgan fingerprint density at radius 2 is 1.85 bits per heavy atom. The van der Waals surface area contributed by atoms with Crippen molar-refractivity contribution < 1.29 is 14.4 Å². The maximum Gasteiger partial charge on any atom is 0.229 e. The third kappa shape index (κ3) is 5.88. The smallest absolute Gasteiger partial charge is 0.229 e. The standard InChI is InChI=1S/C13H23N3O3.ClH/c1-9(2)7-10(8-14)15-11(17)5-6-16-12(18)3-4-13(16)19;/h9-10H,3-8,14H2,1-2H3,(H,15,17);1H. The second-order valence-electron chi connectivity index (χ2n) is 5.32. The fraction of sp³-hybridized carbons (Fsp3) is 0.769. The number of nitrogens with zero attached hydrogens (tertiary/aromatic N) is 1. The third-order valence-corrected chi connectivity index (χ3v) is 3.12. The summed E-state index contributed by atoms with van der Waals surface area (Å²) < 4.78 is 0. The van der Waals surface area contributed by atoms with Crippen LogP contribution in [0.25, 0.3) is 0 Å². The fourth-order valence-electron chi connectivity index (χ4n) is 2.17. The molecular weight excluding hydrogens is 282 g/mol. The highest BCUT2D eigenvalue weighted by Crippen LogP contribution is 2.11. The first-order valence-corrected chi connectivity index (χ1v) is 6.76. The van der Waals surface area contributed by atoms with Crippen LogP contribution in [0.5, 0.6) is 0 Å². The van der Waals surface area contributed by atoms with Crippen molar-refractivity contribution in [2.24, 2.45) is 11.7 Å². The molecule has 3 amide bonds. The van der Waals surface area contributed by atoms with E-state index < -0.39 is 0 Å². The molecule has 0 aromatic carbocycles. The minimum atomic E-state index is -0.185. The van der Waals surface area contributed by atoms with Gasteiger partial charge < -0.3 is 11.1 Å². The Kier molecular flexibility index (Phi) is 8.41. The number of hydrogen-bond acceptors (Lipinski definition) is 4. The second kappa shape index (κ2) is 8.92. The van der Waals surface area contributed by atoms with Crippen molar-refractivity contribution >= 4 is 30.1 Å². The lowest BCUT2D eigenvalue weighted by Gasteiger charge is -2.19. The molecule has 20 heavy (non-hydrogen) atoms. The van der Waals surface area contributed by atoms with Crippen LogP contribution in [0.15, 0.2) is 0 Å². The average Bonchev–Trinajstić information content (AvgIpc) is 2.65. The molecule has 0 aliphatic carbocycles. The van der Waals surface area contributed by atoms with E-state index in [1.165, 1.54) is 4.90 Å². The van der Waals surface area contributed by atoms with Gasteiger partial charge in [-0.25, -0.2) is 0 Å². The van der Waals surface area contributed by atoms with Crippen LogP contribution in [-0.2, 0) is 14.4 Å². The minimum Gasteiger partial charge on any atom is -0.352 e. The summed E-state index contributed by atoms with van der Waals surface area (Å²) in [4.78, 5) is 35.7. The van der Waals surface area contributed by atoms with E-state index >= 15 is 0 Å². The molecule has 0 aromatic rings. The van der Waals surface area contributed by atoms with Crippen LogP contribution in [0.3, 0.4) is 0 Å². The van der Waals surface area contributed by atoms with E-state index in [0.717, 1.165) is 6.42 Å². The molecule has 0 radical (unpaired) electrons. The van der Waals surface area contributed by atoms with Gasteiger partial charge >= 0.3 is 0 Å². The van der Waals surface area contributed by atoms with Gasteiger partial charge in [0.1, 0.15) is 0 Å². The number of carbonyl (C=O) groups excluding carboxylic acids is 3. The summed E-state index contributed by atoms with van der Waals surface area (Å²) in [6, 6.07) is -0.0440. The van der Waals surface area contributed by atoms with Crippen LogP contribution < -0.4 is 11.1 Å². The molecule has 1 aliphatic heterocycles. The number of carbonyl (C=O) groups is 3. The van der Waals surface area contributed by atoms with Crippen molar-refractivity contribution in [2.75, 3.05) is 13.1 Å². The Hall–Kier alpha value is -1.14. The molecule has 3 N–H and O–H groups in total.